The first-order valence-electron chi connectivity index (χ1n) is 4.28. The zero-order valence-corrected chi connectivity index (χ0v) is 8.24. The van der Waals surface area contributed by atoms with Crippen molar-refractivity contribution in [1.29, 1.82) is 0 Å². The van der Waals surface area contributed by atoms with Crippen molar-refractivity contribution >= 4 is 34.7 Å². The highest BCUT2D eigenvalue weighted by Crippen LogP contribution is 2.24. The number of benzene rings is 1. The zero-order valence-electron chi connectivity index (χ0n) is 7.42. The van der Waals surface area contributed by atoms with Gasteiger partial charge in [0.1, 0.15) is 7.85 Å². The third kappa shape index (κ3) is 1.16. The fraction of sp³-hybridized carbons (Fsp3) is 0.200. The largest absolute Gasteiger partial charge is 0.144 e. The molecule has 0 fully saturated rings. The van der Waals surface area contributed by atoms with Gasteiger partial charge in [-0.25, -0.2) is 0 Å². The van der Waals surface area contributed by atoms with E-state index in [1.165, 1.54) is 21.1 Å². The van der Waals surface area contributed by atoms with Crippen molar-refractivity contribution < 1.29 is 0 Å². The Balaban J connectivity index is 2.75. The Morgan fingerprint density at radius 1 is 1.42 bits per heavy atom. The molecule has 0 aliphatic rings. The van der Waals surface area contributed by atoms with Crippen LogP contribution in [0.4, 0.5) is 0 Å². The first-order chi connectivity index (χ1) is 5.81. The van der Waals surface area contributed by atoms with Gasteiger partial charge >= 0.3 is 0 Å². The first kappa shape index (κ1) is 7.87. The smallest absolute Gasteiger partial charge is 0.139 e. The molecule has 0 N–H and O–H groups in total. The number of aryl methyl sites for hydroxylation is 1. The Morgan fingerprint density at radius 2 is 2.25 bits per heavy atom. The summed E-state index contributed by atoms with van der Waals surface area (Å²) in [7, 11) is 2.15. The maximum absolute atomic E-state index is 2.28. The van der Waals surface area contributed by atoms with E-state index < -0.39 is 0 Å². The third-order valence-electron chi connectivity index (χ3n) is 2.19. The summed E-state index contributed by atoms with van der Waals surface area (Å²) < 4.78 is 1.41. The molecule has 60 valence electrons. The molecule has 1 aromatic heterocycles. The molecule has 0 saturated heterocycles. The van der Waals surface area contributed by atoms with Gasteiger partial charge in [0.2, 0.25) is 0 Å². The van der Waals surface area contributed by atoms with Gasteiger partial charge in [-0.2, -0.15) is 0 Å². The molecule has 0 nitrogen and oxygen atoms in total. The van der Waals surface area contributed by atoms with Crippen LogP contribution in [0.3, 0.4) is 0 Å². The van der Waals surface area contributed by atoms with Crippen LogP contribution in [0.2, 0.25) is 0 Å². The summed E-state index contributed by atoms with van der Waals surface area (Å²) in [6.07, 6.45) is 1.14. The summed E-state index contributed by atoms with van der Waals surface area (Å²) in [5, 5.41) is 3.71. The Labute approximate surface area is 77.6 Å². The lowest BCUT2D eigenvalue weighted by Crippen LogP contribution is -1.99. The molecule has 0 aliphatic carbocycles. The number of thiophene rings is 1. The molecule has 0 spiro atoms. The highest BCUT2D eigenvalue weighted by Gasteiger charge is 2.00. The van der Waals surface area contributed by atoms with Gasteiger partial charge in [-0.1, -0.05) is 24.5 Å². The standard InChI is InChI=1S/C10H11BS/c1-2-7-6-12-10-4-3-8(11)5-9(7)10/h3-6H,2,11H2,1H3. The molecule has 0 radical (unpaired) electrons. The first-order valence-corrected chi connectivity index (χ1v) is 5.16. The highest BCUT2D eigenvalue weighted by molar-refractivity contribution is 7.17. The lowest BCUT2D eigenvalue weighted by atomic mass is 9.94. The quantitative estimate of drug-likeness (QED) is 0.577. The molecule has 0 amide bonds. The molecule has 0 aliphatic heterocycles. The minimum absolute atomic E-state index is 1.14. The van der Waals surface area contributed by atoms with E-state index in [1.54, 1.807) is 0 Å². The number of hydrogen-bond acceptors (Lipinski definition) is 1. The van der Waals surface area contributed by atoms with Crippen molar-refractivity contribution in [3.63, 3.8) is 0 Å². The molecule has 0 unspecified atom stereocenters. The Kier molecular flexibility index (Phi) is 1.93. The average Bonchev–Trinajstić information content (AvgIpc) is 2.46. The summed E-state index contributed by atoms with van der Waals surface area (Å²) in [5.41, 5.74) is 2.84. The van der Waals surface area contributed by atoms with Crippen LogP contribution in [0.25, 0.3) is 10.1 Å². The van der Waals surface area contributed by atoms with Gasteiger partial charge in [-0.05, 0) is 28.8 Å². The predicted octanol–water partition coefficient (Wildman–Crippen LogP) is 1.72. The minimum Gasteiger partial charge on any atom is -0.144 e. The summed E-state index contributed by atoms with van der Waals surface area (Å²) in [6.45, 7) is 2.21. The molecular weight excluding hydrogens is 163 g/mol. The van der Waals surface area contributed by atoms with Gasteiger partial charge in [-0.3, -0.25) is 0 Å². The molecule has 0 saturated carbocycles. The van der Waals surface area contributed by atoms with Gasteiger partial charge in [0.15, 0.2) is 0 Å². The van der Waals surface area contributed by atoms with Crippen molar-refractivity contribution in [2.75, 3.05) is 0 Å². The van der Waals surface area contributed by atoms with E-state index in [0.717, 1.165) is 6.42 Å². The Bertz CT molecular complexity index is 403. The minimum atomic E-state index is 1.14. The normalized spacial score (nSPS) is 10.8. The van der Waals surface area contributed by atoms with E-state index in [4.69, 9.17) is 0 Å². The van der Waals surface area contributed by atoms with Crippen LogP contribution in [-0.4, -0.2) is 7.85 Å². The zero-order chi connectivity index (χ0) is 8.55. The van der Waals surface area contributed by atoms with Gasteiger partial charge < -0.3 is 0 Å². The SMILES string of the molecule is Bc1ccc2scc(CC)c2c1. The summed E-state index contributed by atoms with van der Waals surface area (Å²) >= 11 is 1.85. The topological polar surface area (TPSA) is 0 Å². The van der Waals surface area contributed by atoms with E-state index in [0.29, 0.717) is 0 Å². The second-order valence-corrected chi connectivity index (χ2v) is 4.03. The summed E-state index contributed by atoms with van der Waals surface area (Å²) in [5.74, 6) is 0. The Morgan fingerprint density at radius 3 is 3.00 bits per heavy atom. The van der Waals surface area contributed by atoms with E-state index in [-0.39, 0.29) is 0 Å². The second-order valence-electron chi connectivity index (χ2n) is 3.11. The predicted molar refractivity (Wildman–Crippen MR) is 59.4 cm³/mol. The van der Waals surface area contributed by atoms with E-state index in [1.807, 2.05) is 11.3 Å². The van der Waals surface area contributed by atoms with Crippen LogP contribution >= 0.6 is 11.3 Å². The van der Waals surface area contributed by atoms with Crippen LogP contribution < -0.4 is 5.46 Å². The summed E-state index contributed by atoms with van der Waals surface area (Å²) in [4.78, 5) is 0. The summed E-state index contributed by atoms with van der Waals surface area (Å²) in [6, 6.07) is 6.68. The number of fused-ring (bicyclic) bond motifs is 1. The average molecular weight is 174 g/mol. The van der Waals surface area contributed by atoms with Crippen molar-refractivity contribution in [1.82, 2.24) is 0 Å². The van der Waals surface area contributed by atoms with Gasteiger partial charge in [0.25, 0.3) is 0 Å². The van der Waals surface area contributed by atoms with Crippen LogP contribution in [0.15, 0.2) is 23.6 Å². The van der Waals surface area contributed by atoms with E-state index in [9.17, 15) is 0 Å². The maximum atomic E-state index is 2.28. The van der Waals surface area contributed by atoms with E-state index in [2.05, 4.69) is 38.3 Å². The van der Waals surface area contributed by atoms with Crippen molar-refractivity contribution in [3.05, 3.63) is 29.1 Å². The molecular formula is C10H11BS. The molecule has 12 heavy (non-hydrogen) atoms. The van der Waals surface area contributed by atoms with Crippen LogP contribution in [0.5, 0.6) is 0 Å². The monoisotopic (exact) mass is 174 g/mol. The second kappa shape index (κ2) is 2.94. The van der Waals surface area contributed by atoms with Crippen molar-refractivity contribution in [3.8, 4) is 0 Å². The Hall–Kier alpha value is -0.755. The molecule has 1 heterocycles. The lowest BCUT2D eigenvalue weighted by Gasteiger charge is -1.95. The maximum Gasteiger partial charge on any atom is 0.139 e. The molecule has 0 bridgehead atoms. The number of hydrogen-bond donors (Lipinski definition) is 0. The van der Waals surface area contributed by atoms with Crippen LogP contribution in [0, 0.1) is 0 Å². The fourth-order valence-electron chi connectivity index (χ4n) is 1.47. The van der Waals surface area contributed by atoms with Gasteiger partial charge in [0.05, 0.1) is 0 Å². The van der Waals surface area contributed by atoms with E-state index >= 15 is 0 Å². The third-order valence-corrected chi connectivity index (χ3v) is 3.20. The highest BCUT2D eigenvalue weighted by atomic mass is 32.1. The van der Waals surface area contributed by atoms with Crippen LogP contribution in [0.1, 0.15) is 12.5 Å². The van der Waals surface area contributed by atoms with Crippen LogP contribution in [-0.2, 0) is 6.42 Å². The van der Waals surface area contributed by atoms with Gasteiger partial charge in [-0.15, -0.1) is 11.3 Å². The molecule has 1 aromatic carbocycles. The number of rotatable bonds is 1. The molecule has 2 heteroatoms. The van der Waals surface area contributed by atoms with Crippen molar-refractivity contribution in [2.24, 2.45) is 0 Å². The fourth-order valence-corrected chi connectivity index (χ4v) is 2.50. The lowest BCUT2D eigenvalue weighted by molar-refractivity contribution is 1.17. The molecule has 2 rings (SSSR count). The molecule has 2 aromatic rings. The molecule has 0 atom stereocenters. The van der Waals surface area contributed by atoms with Crippen molar-refractivity contribution in [2.45, 2.75) is 13.3 Å². The van der Waals surface area contributed by atoms with Gasteiger partial charge in [0, 0.05) is 4.70 Å².